The molecule has 0 amide bonds. The lowest BCUT2D eigenvalue weighted by Gasteiger charge is -1.97. The number of aliphatic carboxylic acids is 1. The zero-order valence-corrected chi connectivity index (χ0v) is 10.9. The Hall–Kier alpha value is -1.27. The summed E-state index contributed by atoms with van der Waals surface area (Å²) in [5.41, 5.74) is 0.849. The maximum Gasteiger partial charge on any atom is 0.328 e. The van der Waals surface area contributed by atoms with Crippen LogP contribution in [0.5, 0.6) is 0 Å². The van der Waals surface area contributed by atoms with Gasteiger partial charge in [0, 0.05) is 17.7 Å². The average Bonchev–Trinajstić information content (AvgIpc) is 2.83. The van der Waals surface area contributed by atoms with Gasteiger partial charge in [-0.2, -0.15) is 0 Å². The summed E-state index contributed by atoms with van der Waals surface area (Å²) < 4.78 is 1.92. The van der Waals surface area contributed by atoms with Crippen molar-refractivity contribution in [3.63, 3.8) is 0 Å². The van der Waals surface area contributed by atoms with Crippen molar-refractivity contribution in [2.45, 2.75) is 18.4 Å². The van der Waals surface area contributed by atoms with E-state index in [9.17, 15) is 4.79 Å². The van der Waals surface area contributed by atoms with E-state index in [4.69, 9.17) is 5.11 Å². The maximum absolute atomic E-state index is 10.6. The number of fused-ring (bicyclic) bond motifs is 1. The van der Waals surface area contributed by atoms with Crippen LogP contribution in [0.4, 0.5) is 0 Å². The van der Waals surface area contributed by atoms with Gasteiger partial charge >= 0.3 is 5.97 Å². The van der Waals surface area contributed by atoms with E-state index < -0.39 is 5.97 Å². The van der Waals surface area contributed by atoms with Gasteiger partial charge in [-0.15, -0.1) is 23.1 Å². The fourth-order valence-electron chi connectivity index (χ4n) is 1.39. The maximum atomic E-state index is 10.6. The third kappa shape index (κ3) is 2.70. The van der Waals surface area contributed by atoms with E-state index in [2.05, 4.69) is 11.9 Å². The highest BCUT2D eigenvalue weighted by molar-refractivity contribution is 7.99. The summed E-state index contributed by atoms with van der Waals surface area (Å²) in [6, 6.07) is 0. The van der Waals surface area contributed by atoms with Crippen molar-refractivity contribution in [1.82, 2.24) is 9.38 Å². The molecule has 6 heteroatoms. The molecule has 2 heterocycles. The van der Waals surface area contributed by atoms with Crippen molar-refractivity contribution >= 4 is 40.1 Å². The second kappa shape index (κ2) is 5.37. The van der Waals surface area contributed by atoms with Crippen molar-refractivity contribution in [2.75, 3.05) is 5.75 Å². The number of thioether (sulfide) groups is 1. The predicted molar refractivity (Wildman–Crippen MR) is 70.8 cm³/mol. The molecule has 0 aliphatic carbocycles. The highest BCUT2D eigenvalue weighted by Crippen LogP contribution is 2.27. The van der Waals surface area contributed by atoms with Gasteiger partial charge in [0.25, 0.3) is 0 Å². The Labute approximate surface area is 107 Å². The van der Waals surface area contributed by atoms with Gasteiger partial charge in [0.2, 0.25) is 0 Å². The average molecular weight is 268 g/mol. The minimum atomic E-state index is -0.943. The summed E-state index contributed by atoms with van der Waals surface area (Å²) in [6.07, 6.45) is 5.73. The van der Waals surface area contributed by atoms with Crippen LogP contribution in [-0.2, 0) is 4.79 Å². The minimum Gasteiger partial charge on any atom is -0.478 e. The molecule has 90 valence electrons. The number of hydrogen-bond acceptors (Lipinski definition) is 4. The second-order valence-corrected chi connectivity index (χ2v) is 5.33. The summed E-state index contributed by atoms with van der Waals surface area (Å²) in [5.74, 6) is 0.0419. The summed E-state index contributed by atoms with van der Waals surface area (Å²) in [5, 5.41) is 11.5. The Kier molecular flexibility index (Phi) is 3.86. The van der Waals surface area contributed by atoms with E-state index in [0.29, 0.717) is 0 Å². The van der Waals surface area contributed by atoms with E-state index in [1.165, 1.54) is 0 Å². The summed E-state index contributed by atoms with van der Waals surface area (Å²) in [4.78, 5) is 16.0. The molecule has 0 bridgehead atoms. The summed E-state index contributed by atoms with van der Waals surface area (Å²) in [6.45, 7) is 2.11. The van der Waals surface area contributed by atoms with E-state index in [1.807, 2.05) is 16.0 Å². The molecular weight excluding hydrogens is 256 g/mol. The van der Waals surface area contributed by atoms with Crippen LogP contribution in [-0.4, -0.2) is 26.2 Å². The Morgan fingerprint density at radius 3 is 3.24 bits per heavy atom. The van der Waals surface area contributed by atoms with Crippen molar-refractivity contribution in [1.29, 1.82) is 0 Å². The van der Waals surface area contributed by atoms with Crippen LogP contribution >= 0.6 is 23.1 Å². The molecule has 1 N–H and O–H groups in total. The number of nitrogens with zero attached hydrogens (tertiary/aromatic N) is 2. The van der Waals surface area contributed by atoms with E-state index in [0.717, 1.165) is 33.9 Å². The lowest BCUT2D eigenvalue weighted by Crippen LogP contribution is -1.89. The number of aromatic nitrogens is 2. The second-order valence-electron chi connectivity index (χ2n) is 3.38. The molecule has 2 aromatic heterocycles. The number of carbonyl (C=O) groups is 1. The smallest absolute Gasteiger partial charge is 0.328 e. The molecule has 0 aliphatic rings. The SMILES string of the molecule is CCCSc1nc2sccn2c1/C=C/C(=O)O. The van der Waals surface area contributed by atoms with E-state index in [1.54, 1.807) is 29.2 Å². The van der Waals surface area contributed by atoms with Crippen molar-refractivity contribution in [3.05, 3.63) is 23.3 Å². The molecule has 17 heavy (non-hydrogen) atoms. The van der Waals surface area contributed by atoms with Crippen LogP contribution in [0, 0.1) is 0 Å². The van der Waals surface area contributed by atoms with Crippen LogP contribution in [0.2, 0.25) is 0 Å². The third-order valence-corrected chi connectivity index (χ3v) is 4.03. The largest absolute Gasteiger partial charge is 0.478 e. The van der Waals surface area contributed by atoms with Gasteiger partial charge in [0.15, 0.2) is 4.96 Å². The normalized spacial score (nSPS) is 11.6. The molecular formula is C11H12N2O2S2. The van der Waals surface area contributed by atoms with Gasteiger partial charge in [-0.25, -0.2) is 9.78 Å². The topological polar surface area (TPSA) is 54.6 Å². The predicted octanol–water partition coefficient (Wildman–Crippen LogP) is 3.00. The zero-order valence-electron chi connectivity index (χ0n) is 9.29. The number of rotatable bonds is 5. The first-order chi connectivity index (χ1) is 8.22. The molecule has 0 fully saturated rings. The standard InChI is InChI=1S/C11H12N2O2S2/c1-2-6-16-10-8(3-4-9(14)15)13-5-7-17-11(13)12-10/h3-5,7H,2,6H2,1H3,(H,14,15)/b4-3+. The van der Waals surface area contributed by atoms with E-state index in [-0.39, 0.29) is 0 Å². The lowest BCUT2D eigenvalue weighted by atomic mass is 10.4. The van der Waals surface area contributed by atoms with Gasteiger partial charge in [-0.1, -0.05) is 6.92 Å². The quantitative estimate of drug-likeness (QED) is 0.669. The van der Waals surface area contributed by atoms with Gasteiger partial charge in [-0.05, 0) is 18.2 Å². The highest BCUT2D eigenvalue weighted by Gasteiger charge is 2.11. The minimum absolute atomic E-state index is 0.849. The first kappa shape index (κ1) is 12.2. The monoisotopic (exact) mass is 268 g/mol. The molecule has 0 saturated heterocycles. The number of carboxylic acid groups (broad SMARTS) is 1. The number of imidazole rings is 1. The zero-order chi connectivity index (χ0) is 12.3. The number of thiazole rings is 1. The lowest BCUT2D eigenvalue weighted by molar-refractivity contribution is -0.131. The Morgan fingerprint density at radius 2 is 2.53 bits per heavy atom. The van der Waals surface area contributed by atoms with Crippen LogP contribution in [0.3, 0.4) is 0 Å². The molecule has 4 nitrogen and oxygen atoms in total. The molecule has 0 saturated carbocycles. The molecule has 0 unspecified atom stereocenters. The fraction of sp³-hybridized carbons (Fsp3) is 0.273. The van der Waals surface area contributed by atoms with Gasteiger partial charge in [0.05, 0.1) is 5.69 Å². The van der Waals surface area contributed by atoms with Crippen molar-refractivity contribution in [2.24, 2.45) is 0 Å². The van der Waals surface area contributed by atoms with Gasteiger partial charge in [0.1, 0.15) is 5.03 Å². The third-order valence-electron chi connectivity index (χ3n) is 2.09. The molecule has 0 aromatic carbocycles. The molecule has 0 spiro atoms. The van der Waals surface area contributed by atoms with Gasteiger partial charge < -0.3 is 5.11 Å². The fourth-order valence-corrected chi connectivity index (χ4v) is 3.03. The first-order valence-electron chi connectivity index (χ1n) is 5.21. The van der Waals surface area contributed by atoms with Gasteiger partial charge in [-0.3, -0.25) is 4.40 Å². The molecule has 0 atom stereocenters. The Balaban J connectivity index is 2.39. The molecule has 0 aliphatic heterocycles. The summed E-state index contributed by atoms with van der Waals surface area (Å²) in [7, 11) is 0. The number of hydrogen-bond donors (Lipinski definition) is 1. The highest BCUT2D eigenvalue weighted by atomic mass is 32.2. The van der Waals surface area contributed by atoms with Crippen molar-refractivity contribution in [3.8, 4) is 0 Å². The Bertz CT molecular complexity index is 557. The number of carboxylic acids is 1. The van der Waals surface area contributed by atoms with Crippen LogP contribution in [0.25, 0.3) is 11.0 Å². The summed E-state index contributed by atoms with van der Waals surface area (Å²) >= 11 is 3.21. The molecule has 0 radical (unpaired) electrons. The molecule has 2 aromatic rings. The Morgan fingerprint density at radius 1 is 1.71 bits per heavy atom. The van der Waals surface area contributed by atoms with Crippen molar-refractivity contribution < 1.29 is 9.90 Å². The van der Waals surface area contributed by atoms with Crippen LogP contribution in [0.1, 0.15) is 19.0 Å². The first-order valence-corrected chi connectivity index (χ1v) is 7.08. The van der Waals surface area contributed by atoms with Crippen LogP contribution < -0.4 is 0 Å². The van der Waals surface area contributed by atoms with Crippen LogP contribution in [0.15, 0.2) is 22.7 Å². The van der Waals surface area contributed by atoms with E-state index >= 15 is 0 Å². The molecule has 2 rings (SSSR count).